The molecule has 1 fully saturated rings. The third-order valence-electron chi connectivity index (χ3n) is 3.98. The van der Waals surface area contributed by atoms with Gasteiger partial charge < -0.3 is 15.5 Å². The number of aryl methyl sites for hydroxylation is 2. The lowest BCUT2D eigenvalue weighted by Gasteiger charge is -2.32. The molecule has 2 atom stereocenters. The van der Waals surface area contributed by atoms with Crippen molar-refractivity contribution in [1.82, 2.24) is 9.99 Å². The Bertz CT molecular complexity index is 497. The van der Waals surface area contributed by atoms with E-state index in [2.05, 4.69) is 41.4 Å². The quantitative estimate of drug-likeness (QED) is 0.899. The molecule has 2 N–H and O–H groups in total. The molecule has 5 nitrogen and oxygen atoms in total. The molecular formula is C17H29N3O2. The lowest BCUT2D eigenvalue weighted by atomic mass is 9.91. The third-order valence-corrected chi connectivity index (χ3v) is 3.98. The lowest BCUT2D eigenvalue weighted by Crippen LogP contribution is -2.45. The first kappa shape index (κ1) is 16.7. The van der Waals surface area contributed by atoms with E-state index in [0.29, 0.717) is 6.04 Å². The van der Waals surface area contributed by atoms with Crippen molar-refractivity contribution in [3.8, 4) is 0 Å². The Balaban J connectivity index is 1.88. The van der Waals surface area contributed by atoms with Crippen molar-refractivity contribution >= 4 is 6.09 Å². The average Bonchev–Trinajstić information content (AvgIpc) is 2.69. The van der Waals surface area contributed by atoms with Gasteiger partial charge in [0.15, 0.2) is 0 Å². The SMILES string of the molecule is Cc1ccc(C)n1NC1CCCC(NC(=O)OC(C)(C)C)C1. The molecule has 0 aliphatic heterocycles. The van der Waals surface area contributed by atoms with Gasteiger partial charge in [0.2, 0.25) is 0 Å². The summed E-state index contributed by atoms with van der Waals surface area (Å²) in [6.07, 6.45) is 3.87. The van der Waals surface area contributed by atoms with Crippen LogP contribution in [0, 0.1) is 13.8 Å². The average molecular weight is 307 g/mol. The number of nitrogens with zero attached hydrogens (tertiary/aromatic N) is 1. The van der Waals surface area contributed by atoms with Crippen molar-refractivity contribution < 1.29 is 9.53 Å². The Morgan fingerprint density at radius 1 is 1.18 bits per heavy atom. The topological polar surface area (TPSA) is 55.3 Å². The summed E-state index contributed by atoms with van der Waals surface area (Å²) in [5.74, 6) is 0. The molecule has 1 aromatic heterocycles. The van der Waals surface area contributed by atoms with E-state index < -0.39 is 5.60 Å². The number of nitrogens with one attached hydrogen (secondary N) is 2. The van der Waals surface area contributed by atoms with Crippen LogP contribution >= 0.6 is 0 Å². The van der Waals surface area contributed by atoms with Gasteiger partial charge in [-0.2, -0.15) is 0 Å². The van der Waals surface area contributed by atoms with E-state index in [1.165, 1.54) is 11.4 Å². The van der Waals surface area contributed by atoms with E-state index in [9.17, 15) is 4.79 Å². The maximum Gasteiger partial charge on any atom is 0.407 e. The highest BCUT2D eigenvalue weighted by Gasteiger charge is 2.25. The van der Waals surface area contributed by atoms with Crippen LogP contribution in [-0.4, -0.2) is 28.5 Å². The minimum absolute atomic E-state index is 0.178. The van der Waals surface area contributed by atoms with Gasteiger partial charge in [0, 0.05) is 23.5 Å². The van der Waals surface area contributed by atoms with Gasteiger partial charge in [0.05, 0.1) is 0 Å². The molecule has 0 saturated heterocycles. The summed E-state index contributed by atoms with van der Waals surface area (Å²) in [5.41, 5.74) is 5.54. The number of carbonyl (C=O) groups is 1. The van der Waals surface area contributed by atoms with Crippen LogP contribution in [0.1, 0.15) is 57.8 Å². The fourth-order valence-corrected chi connectivity index (χ4v) is 2.97. The summed E-state index contributed by atoms with van der Waals surface area (Å²) in [4.78, 5) is 11.9. The molecule has 0 spiro atoms. The highest BCUT2D eigenvalue weighted by molar-refractivity contribution is 5.68. The summed E-state index contributed by atoms with van der Waals surface area (Å²) in [6.45, 7) is 9.85. The van der Waals surface area contributed by atoms with Crippen LogP contribution in [0.4, 0.5) is 4.79 Å². The van der Waals surface area contributed by atoms with Crippen molar-refractivity contribution in [1.29, 1.82) is 0 Å². The Labute approximate surface area is 133 Å². The number of hydrogen-bond acceptors (Lipinski definition) is 3. The molecule has 0 aromatic carbocycles. The van der Waals surface area contributed by atoms with Gasteiger partial charge in [-0.25, -0.2) is 4.79 Å². The van der Waals surface area contributed by atoms with E-state index >= 15 is 0 Å². The van der Waals surface area contributed by atoms with E-state index in [-0.39, 0.29) is 12.1 Å². The molecule has 2 unspecified atom stereocenters. The van der Waals surface area contributed by atoms with Gasteiger partial charge in [-0.3, -0.25) is 4.68 Å². The molecule has 1 amide bonds. The molecule has 2 rings (SSSR count). The Kier molecular flexibility index (Phi) is 5.04. The minimum atomic E-state index is -0.449. The maximum absolute atomic E-state index is 11.9. The van der Waals surface area contributed by atoms with Crippen LogP contribution in [-0.2, 0) is 4.74 Å². The minimum Gasteiger partial charge on any atom is -0.444 e. The smallest absolute Gasteiger partial charge is 0.407 e. The zero-order chi connectivity index (χ0) is 16.3. The number of carbonyl (C=O) groups excluding carboxylic acids is 1. The van der Waals surface area contributed by atoms with Gasteiger partial charge in [0.1, 0.15) is 5.60 Å². The molecule has 124 valence electrons. The summed E-state index contributed by atoms with van der Waals surface area (Å²) >= 11 is 0. The second-order valence-corrected chi connectivity index (χ2v) is 7.29. The molecule has 1 saturated carbocycles. The van der Waals surface area contributed by atoms with Gasteiger partial charge in [-0.1, -0.05) is 0 Å². The molecule has 1 aliphatic carbocycles. The highest BCUT2D eigenvalue weighted by Crippen LogP contribution is 2.21. The van der Waals surface area contributed by atoms with Crippen LogP contribution in [0.2, 0.25) is 0 Å². The van der Waals surface area contributed by atoms with Crippen molar-refractivity contribution in [2.24, 2.45) is 0 Å². The summed E-state index contributed by atoms with van der Waals surface area (Å²) < 4.78 is 7.48. The molecule has 0 bridgehead atoms. The summed E-state index contributed by atoms with van der Waals surface area (Å²) in [7, 11) is 0. The predicted octanol–water partition coefficient (Wildman–Crippen LogP) is 3.48. The second-order valence-electron chi connectivity index (χ2n) is 7.29. The molecule has 22 heavy (non-hydrogen) atoms. The maximum atomic E-state index is 11.9. The van der Waals surface area contributed by atoms with Crippen molar-refractivity contribution in [3.63, 3.8) is 0 Å². The zero-order valence-electron chi connectivity index (χ0n) is 14.4. The number of ether oxygens (including phenoxy) is 1. The first-order valence-corrected chi connectivity index (χ1v) is 8.15. The van der Waals surface area contributed by atoms with E-state index in [1.807, 2.05) is 20.8 Å². The Morgan fingerprint density at radius 2 is 1.77 bits per heavy atom. The molecular weight excluding hydrogens is 278 g/mol. The van der Waals surface area contributed by atoms with Gasteiger partial charge in [-0.15, -0.1) is 0 Å². The van der Waals surface area contributed by atoms with Crippen LogP contribution < -0.4 is 10.7 Å². The summed E-state index contributed by atoms with van der Waals surface area (Å²) in [5, 5.41) is 3.00. The monoisotopic (exact) mass is 307 g/mol. The largest absolute Gasteiger partial charge is 0.444 e. The van der Waals surface area contributed by atoms with Crippen LogP contribution in [0.15, 0.2) is 12.1 Å². The molecule has 1 heterocycles. The Morgan fingerprint density at radius 3 is 2.36 bits per heavy atom. The van der Waals surface area contributed by atoms with E-state index in [1.54, 1.807) is 0 Å². The van der Waals surface area contributed by atoms with Crippen LogP contribution in [0.3, 0.4) is 0 Å². The number of alkyl carbamates (subject to hydrolysis) is 1. The molecule has 0 radical (unpaired) electrons. The number of rotatable bonds is 3. The van der Waals surface area contributed by atoms with E-state index in [4.69, 9.17) is 4.74 Å². The molecule has 1 aliphatic rings. The fraction of sp³-hybridized carbons (Fsp3) is 0.706. The van der Waals surface area contributed by atoms with E-state index in [0.717, 1.165) is 25.7 Å². The normalized spacial score (nSPS) is 22.2. The second kappa shape index (κ2) is 6.63. The molecule has 5 heteroatoms. The van der Waals surface area contributed by atoms with Gasteiger partial charge in [0.25, 0.3) is 0 Å². The van der Waals surface area contributed by atoms with Crippen molar-refractivity contribution in [2.45, 2.75) is 78.0 Å². The van der Waals surface area contributed by atoms with Crippen molar-refractivity contribution in [3.05, 3.63) is 23.5 Å². The molecule has 1 aromatic rings. The lowest BCUT2D eigenvalue weighted by molar-refractivity contribution is 0.0491. The number of aromatic nitrogens is 1. The number of hydrogen-bond donors (Lipinski definition) is 2. The third kappa shape index (κ3) is 4.68. The van der Waals surface area contributed by atoms with Crippen LogP contribution in [0.25, 0.3) is 0 Å². The Hall–Kier alpha value is -1.65. The fourth-order valence-electron chi connectivity index (χ4n) is 2.97. The zero-order valence-corrected chi connectivity index (χ0v) is 14.4. The van der Waals surface area contributed by atoms with Crippen LogP contribution in [0.5, 0.6) is 0 Å². The summed E-state index contributed by atoms with van der Waals surface area (Å²) in [6, 6.07) is 4.78. The first-order chi connectivity index (χ1) is 10.2. The van der Waals surface area contributed by atoms with Gasteiger partial charge >= 0.3 is 6.09 Å². The predicted molar refractivity (Wildman–Crippen MR) is 88.7 cm³/mol. The van der Waals surface area contributed by atoms with Crippen molar-refractivity contribution in [2.75, 3.05) is 5.43 Å². The first-order valence-electron chi connectivity index (χ1n) is 8.15. The standard InChI is InChI=1S/C17H29N3O2/c1-12-9-10-13(2)20(12)19-15-8-6-7-14(11-15)18-16(21)22-17(3,4)5/h9-10,14-15,19H,6-8,11H2,1-5H3,(H,18,21). The highest BCUT2D eigenvalue weighted by atomic mass is 16.6. The van der Waals surface area contributed by atoms with Gasteiger partial charge in [-0.05, 0) is 72.4 Å². The number of amides is 1.